The lowest BCUT2D eigenvalue weighted by molar-refractivity contribution is 0.0961. The van der Waals surface area contributed by atoms with E-state index in [4.69, 9.17) is 5.10 Å². The summed E-state index contributed by atoms with van der Waals surface area (Å²) in [5, 5.41) is 17.5. The summed E-state index contributed by atoms with van der Waals surface area (Å²) in [4.78, 5) is 27.5. The zero-order valence-electron chi connectivity index (χ0n) is 26.4. The van der Waals surface area contributed by atoms with E-state index in [0.29, 0.717) is 18.2 Å². The second-order valence-corrected chi connectivity index (χ2v) is 14.0. The van der Waals surface area contributed by atoms with E-state index in [1.807, 2.05) is 79.0 Å². The maximum absolute atomic E-state index is 13.9. The summed E-state index contributed by atoms with van der Waals surface area (Å²) in [6.07, 6.45) is 2.35. The highest BCUT2D eigenvalue weighted by Crippen LogP contribution is 2.39. The summed E-state index contributed by atoms with van der Waals surface area (Å²) in [6.45, 7) is 10.2. The van der Waals surface area contributed by atoms with E-state index < -0.39 is 0 Å². The summed E-state index contributed by atoms with van der Waals surface area (Å²) in [6, 6.07) is 25.7. The van der Waals surface area contributed by atoms with Crippen molar-refractivity contribution in [3.8, 4) is 5.69 Å². The molecule has 6 rings (SSSR count). The number of carbonyl (C=O) groups is 2. The monoisotopic (exact) mass is 619 g/mol. The molecule has 5 aromatic rings. The van der Waals surface area contributed by atoms with E-state index in [1.165, 1.54) is 0 Å². The van der Waals surface area contributed by atoms with Crippen LogP contribution in [0.5, 0.6) is 0 Å². The van der Waals surface area contributed by atoms with Gasteiger partial charge in [-0.05, 0) is 74.5 Å². The number of carbonyl (C=O) groups excluding carboxylic acids is 2. The third kappa shape index (κ3) is 6.87. The Morgan fingerprint density at radius 2 is 1.69 bits per heavy atom. The van der Waals surface area contributed by atoms with Gasteiger partial charge in [-0.3, -0.25) is 10.1 Å². The van der Waals surface area contributed by atoms with Gasteiger partial charge >= 0.3 is 6.03 Å². The fraction of sp³-hybridized carbons (Fsp3) is 0.324. The van der Waals surface area contributed by atoms with E-state index in [9.17, 15) is 9.59 Å². The molecule has 3 heterocycles. The fourth-order valence-electron chi connectivity index (χ4n) is 6.20. The number of hydrogen-bond acceptors (Lipinski definition) is 5. The van der Waals surface area contributed by atoms with Gasteiger partial charge < -0.3 is 10.6 Å². The first-order chi connectivity index (χ1) is 21.7. The number of aromatic nitrogens is 2. The van der Waals surface area contributed by atoms with Crippen molar-refractivity contribution in [1.29, 1.82) is 0 Å². The molecule has 3 aromatic carbocycles. The first-order valence-electron chi connectivity index (χ1n) is 15.7. The number of anilines is 2. The van der Waals surface area contributed by atoms with Crippen LogP contribution in [-0.2, 0) is 5.41 Å². The molecular formula is C37H41N5O2S. The van der Waals surface area contributed by atoms with Crippen LogP contribution in [0, 0.1) is 12.8 Å². The van der Waals surface area contributed by atoms with Crippen LogP contribution in [0.2, 0.25) is 0 Å². The third-order valence-electron chi connectivity index (χ3n) is 8.75. The van der Waals surface area contributed by atoms with E-state index >= 15 is 0 Å². The Labute approximate surface area is 269 Å². The number of thiophene rings is 1. The molecule has 8 heteroatoms. The molecule has 1 atom stereocenters. The number of hydrogen-bond donors (Lipinski definition) is 3. The predicted octanol–water partition coefficient (Wildman–Crippen LogP) is 8.69. The average molecular weight is 620 g/mol. The van der Waals surface area contributed by atoms with Gasteiger partial charge in [0.25, 0.3) is 0 Å². The topological polar surface area (TPSA) is 88.1 Å². The highest BCUT2D eigenvalue weighted by molar-refractivity contribution is 7.17. The minimum atomic E-state index is -0.351. The number of nitrogens with one attached hydrogen (secondary N) is 3. The minimum Gasteiger partial charge on any atom is -0.317 e. The maximum Gasteiger partial charge on any atom is 0.324 e. The quantitative estimate of drug-likeness (QED) is 0.152. The number of para-hydroxylation sites is 1. The lowest BCUT2D eigenvalue weighted by atomic mass is 9.76. The molecule has 1 unspecified atom stereocenters. The normalized spacial score (nSPS) is 14.8. The molecule has 0 spiro atoms. The SMILES string of the molecule is Cc1ccc(-n2nc(C(C)(C)C)cc2NC(=O)Nc2ccccc2C(CC(=O)c2csc3ccccc23)C2CCNCC2)cc1. The van der Waals surface area contributed by atoms with Crippen LogP contribution in [0.15, 0.2) is 84.2 Å². The van der Waals surface area contributed by atoms with Crippen molar-refractivity contribution in [3.05, 3.63) is 107 Å². The standard InChI is InChI=1S/C37H41N5O2S/c1-24-13-15-26(16-14-24)42-35(22-34(41-42)37(2,3)4)40-36(44)39-31-11-7-5-9-27(31)29(25-17-19-38-20-18-25)21-32(43)30-23-45-33-12-8-6-10-28(30)33/h5-16,22-23,25,29,38H,17-21H2,1-4H3,(H2,39,40,44). The molecule has 232 valence electrons. The number of nitrogens with zero attached hydrogens (tertiary/aromatic N) is 2. The van der Waals surface area contributed by atoms with Gasteiger partial charge in [0.05, 0.1) is 11.4 Å². The van der Waals surface area contributed by atoms with Crippen LogP contribution in [0.25, 0.3) is 15.8 Å². The molecule has 2 aromatic heterocycles. The number of fused-ring (bicyclic) bond motifs is 1. The Hall–Kier alpha value is -4.27. The van der Waals surface area contributed by atoms with E-state index in [0.717, 1.165) is 69.8 Å². The van der Waals surface area contributed by atoms with Crippen molar-refractivity contribution in [2.75, 3.05) is 23.7 Å². The number of urea groups is 1. The molecule has 1 saturated heterocycles. The maximum atomic E-state index is 13.9. The Bertz CT molecular complexity index is 1810. The number of amides is 2. The molecule has 1 aliphatic heterocycles. The van der Waals surface area contributed by atoms with Crippen molar-refractivity contribution in [2.24, 2.45) is 5.92 Å². The van der Waals surface area contributed by atoms with Crippen LogP contribution >= 0.6 is 11.3 Å². The van der Waals surface area contributed by atoms with E-state index in [1.54, 1.807) is 16.0 Å². The summed E-state index contributed by atoms with van der Waals surface area (Å²) < 4.78 is 2.91. The molecule has 3 N–H and O–H groups in total. The van der Waals surface area contributed by atoms with Crippen molar-refractivity contribution < 1.29 is 9.59 Å². The number of ketones is 1. The number of benzene rings is 3. The highest BCUT2D eigenvalue weighted by Gasteiger charge is 2.30. The number of rotatable bonds is 8. The van der Waals surface area contributed by atoms with Gasteiger partial charge in [0.2, 0.25) is 0 Å². The third-order valence-corrected chi connectivity index (χ3v) is 9.71. The van der Waals surface area contributed by atoms with Gasteiger partial charge in [0.1, 0.15) is 5.82 Å². The Morgan fingerprint density at radius 3 is 2.44 bits per heavy atom. The summed E-state index contributed by atoms with van der Waals surface area (Å²) >= 11 is 1.61. The van der Waals surface area contributed by atoms with E-state index in [2.05, 4.69) is 48.9 Å². The zero-order chi connectivity index (χ0) is 31.6. The zero-order valence-corrected chi connectivity index (χ0v) is 27.2. The van der Waals surface area contributed by atoms with E-state index in [-0.39, 0.29) is 23.1 Å². The fourth-order valence-corrected chi connectivity index (χ4v) is 7.17. The Kier molecular flexibility index (Phi) is 8.88. The Morgan fingerprint density at radius 1 is 0.978 bits per heavy atom. The van der Waals surface area contributed by atoms with Crippen LogP contribution in [0.1, 0.15) is 73.1 Å². The highest BCUT2D eigenvalue weighted by atomic mass is 32.1. The largest absolute Gasteiger partial charge is 0.324 e. The molecule has 0 radical (unpaired) electrons. The lowest BCUT2D eigenvalue weighted by Crippen LogP contribution is -2.32. The van der Waals surface area contributed by atoms with Crippen LogP contribution < -0.4 is 16.0 Å². The van der Waals surface area contributed by atoms with Crippen molar-refractivity contribution in [3.63, 3.8) is 0 Å². The molecule has 0 saturated carbocycles. The first-order valence-corrected chi connectivity index (χ1v) is 16.6. The van der Waals surface area contributed by atoms with Crippen LogP contribution in [0.3, 0.4) is 0 Å². The van der Waals surface area contributed by atoms with Crippen LogP contribution in [0.4, 0.5) is 16.3 Å². The molecule has 1 fully saturated rings. The minimum absolute atomic E-state index is 0.0275. The average Bonchev–Trinajstić information content (AvgIpc) is 3.66. The molecule has 2 amide bonds. The molecule has 1 aliphatic rings. The van der Waals surface area contributed by atoms with Gasteiger partial charge in [0.15, 0.2) is 5.78 Å². The van der Waals surface area contributed by atoms with Crippen molar-refractivity contribution >= 4 is 44.7 Å². The van der Waals surface area contributed by atoms with Crippen LogP contribution in [-0.4, -0.2) is 34.7 Å². The number of Topliss-reactive ketones (excluding diaryl/α,β-unsaturated/α-hetero) is 1. The second kappa shape index (κ2) is 13.0. The molecule has 0 aliphatic carbocycles. The van der Waals surface area contributed by atoms with Crippen molar-refractivity contribution in [1.82, 2.24) is 15.1 Å². The van der Waals surface area contributed by atoms with Gasteiger partial charge in [-0.2, -0.15) is 5.10 Å². The lowest BCUT2D eigenvalue weighted by Gasteiger charge is -2.32. The van der Waals surface area contributed by atoms with Gasteiger partial charge in [-0.25, -0.2) is 9.48 Å². The van der Waals surface area contributed by atoms with Gasteiger partial charge in [-0.15, -0.1) is 11.3 Å². The summed E-state index contributed by atoms with van der Waals surface area (Å²) in [5.74, 6) is 1.03. The molecule has 45 heavy (non-hydrogen) atoms. The predicted molar refractivity (Wildman–Crippen MR) is 185 cm³/mol. The summed E-state index contributed by atoms with van der Waals surface area (Å²) in [7, 11) is 0. The number of aryl methyl sites for hydroxylation is 1. The van der Waals surface area contributed by atoms with Gasteiger partial charge in [0, 0.05) is 44.6 Å². The summed E-state index contributed by atoms with van der Waals surface area (Å²) in [5.41, 5.74) is 5.21. The number of piperidine rings is 1. The second-order valence-electron chi connectivity index (χ2n) is 13.0. The van der Waals surface area contributed by atoms with Gasteiger partial charge in [-0.1, -0.05) is 74.9 Å². The Balaban J connectivity index is 1.28. The molecule has 0 bridgehead atoms. The smallest absolute Gasteiger partial charge is 0.317 e. The van der Waals surface area contributed by atoms with Crippen molar-refractivity contribution in [2.45, 2.75) is 58.3 Å². The molecular weight excluding hydrogens is 579 g/mol. The first kappa shape index (κ1) is 30.7. The molecule has 7 nitrogen and oxygen atoms in total.